The molecule has 18 heavy (non-hydrogen) atoms. The third-order valence-electron chi connectivity index (χ3n) is 2.62. The maximum Gasteiger partial charge on any atom is 0.323 e. The predicted octanol–water partition coefficient (Wildman–Crippen LogP) is 2.21. The highest BCUT2D eigenvalue weighted by Gasteiger charge is 2.18. The van der Waals surface area contributed by atoms with Crippen molar-refractivity contribution in [2.24, 2.45) is 5.92 Å². The number of amides is 1. The van der Waals surface area contributed by atoms with Gasteiger partial charge in [0.1, 0.15) is 0 Å². The average molecular weight is 312 g/mol. The van der Waals surface area contributed by atoms with Crippen LogP contribution in [-0.2, 0) is 4.79 Å². The Kier molecular flexibility index (Phi) is 3.56. The van der Waals surface area contributed by atoms with Gasteiger partial charge in [0, 0.05) is 5.69 Å². The number of carbonyl (C=O) groups is 1. The highest BCUT2D eigenvalue weighted by molar-refractivity contribution is 9.10. The van der Waals surface area contributed by atoms with E-state index in [9.17, 15) is 9.59 Å². The van der Waals surface area contributed by atoms with Crippen LogP contribution in [0.4, 0.5) is 5.69 Å². The molecule has 1 aromatic carbocycles. The number of benzene rings is 1. The van der Waals surface area contributed by atoms with Crippen molar-refractivity contribution in [3.63, 3.8) is 0 Å². The number of imidazole rings is 1. The zero-order valence-electron chi connectivity index (χ0n) is 10.1. The number of hydrogen-bond acceptors (Lipinski definition) is 2. The molecule has 1 amide bonds. The van der Waals surface area contributed by atoms with Crippen molar-refractivity contribution >= 4 is 38.6 Å². The minimum absolute atomic E-state index is 0.0952. The molecule has 0 fully saturated rings. The molecule has 1 heterocycles. The van der Waals surface area contributed by atoms with E-state index in [-0.39, 0.29) is 22.3 Å². The molecular weight excluding hydrogens is 298 g/mol. The Morgan fingerprint density at radius 2 is 1.94 bits per heavy atom. The van der Waals surface area contributed by atoms with Crippen LogP contribution >= 0.6 is 15.9 Å². The molecule has 96 valence electrons. The zero-order chi connectivity index (χ0) is 13.3. The van der Waals surface area contributed by atoms with E-state index in [4.69, 9.17) is 0 Å². The Morgan fingerprint density at radius 3 is 2.61 bits per heavy atom. The van der Waals surface area contributed by atoms with Crippen LogP contribution in [-0.4, -0.2) is 20.7 Å². The molecule has 5 nitrogen and oxygen atoms in total. The van der Waals surface area contributed by atoms with E-state index in [1.165, 1.54) is 0 Å². The summed E-state index contributed by atoms with van der Waals surface area (Å²) >= 11 is 3.34. The molecule has 0 saturated heterocycles. The van der Waals surface area contributed by atoms with E-state index in [0.29, 0.717) is 11.2 Å². The smallest absolute Gasteiger partial charge is 0.323 e. The van der Waals surface area contributed by atoms with Crippen LogP contribution in [0.15, 0.2) is 23.0 Å². The van der Waals surface area contributed by atoms with Gasteiger partial charge in [0.2, 0.25) is 5.91 Å². The number of H-pyrrole nitrogens is 2. The van der Waals surface area contributed by atoms with Gasteiger partial charge in [-0.05, 0) is 24.1 Å². The van der Waals surface area contributed by atoms with Crippen LogP contribution in [0.1, 0.15) is 13.8 Å². The van der Waals surface area contributed by atoms with Crippen LogP contribution in [0.3, 0.4) is 0 Å². The molecule has 1 unspecified atom stereocenters. The van der Waals surface area contributed by atoms with Crippen molar-refractivity contribution in [2.45, 2.75) is 18.7 Å². The predicted molar refractivity (Wildman–Crippen MR) is 75.1 cm³/mol. The summed E-state index contributed by atoms with van der Waals surface area (Å²) in [5.74, 6) is 0.114. The molecule has 2 rings (SSSR count). The monoisotopic (exact) mass is 311 g/mol. The minimum atomic E-state index is -0.256. The van der Waals surface area contributed by atoms with E-state index in [2.05, 4.69) is 31.2 Å². The summed E-state index contributed by atoms with van der Waals surface area (Å²) in [7, 11) is 0. The summed E-state index contributed by atoms with van der Waals surface area (Å²) in [5.41, 5.74) is 1.80. The SMILES string of the molecule is CC(C)C(Br)C(=O)Nc1ccc2[nH]c(=O)[nH]c2c1. The van der Waals surface area contributed by atoms with E-state index in [0.717, 1.165) is 5.52 Å². The first-order valence-corrected chi connectivity index (χ1v) is 6.56. The third-order valence-corrected chi connectivity index (χ3v) is 4.09. The van der Waals surface area contributed by atoms with Crippen molar-refractivity contribution < 1.29 is 4.79 Å². The summed E-state index contributed by atoms with van der Waals surface area (Å²) in [6.07, 6.45) is 0. The van der Waals surface area contributed by atoms with E-state index in [1.807, 2.05) is 13.8 Å². The van der Waals surface area contributed by atoms with Crippen LogP contribution in [0.25, 0.3) is 11.0 Å². The third kappa shape index (κ3) is 2.64. The molecule has 1 atom stereocenters. The fourth-order valence-corrected chi connectivity index (χ4v) is 1.74. The van der Waals surface area contributed by atoms with Gasteiger partial charge in [-0.1, -0.05) is 29.8 Å². The maximum atomic E-state index is 11.9. The first-order valence-electron chi connectivity index (χ1n) is 5.64. The lowest BCUT2D eigenvalue weighted by Gasteiger charge is -2.13. The summed E-state index contributed by atoms with van der Waals surface area (Å²) in [6, 6.07) is 5.23. The number of rotatable bonds is 3. The van der Waals surface area contributed by atoms with Gasteiger partial charge in [-0.25, -0.2) is 4.79 Å². The highest BCUT2D eigenvalue weighted by Crippen LogP contribution is 2.18. The quantitative estimate of drug-likeness (QED) is 0.760. The average Bonchev–Trinajstić information content (AvgIpc) is 2.67. The Bertz CT molecular complexity index is 630. The van der Waals surface area contributed by atoms with E-state index < -0.39 is 0 Å². The number of anilines is 1. The molecule has 0 aliphatic rings. The topological polar surface area (TPSA) is 77.8 Å². The van der Waals surface area contributed by atoms with Gasteiger partial charge in [0.25, 0.3) is 0 Å². The van der Waals surface area contributed by atoms with Crippen molar-refractivity contribution in [1.82, 2.24) is 9.97 Å². The molecule has 6 heteroatoms. The Hall–Kier alpha value is -1.56. The number of halogens is 1. The second-order valence-corrected chi connectivity index (χ2v) is 5.46. The fourth-order valence-electron chi connectivity index (χ4n) is 1.62. The second-order valence-electron chi connectivity index (χ2n) is 4.47. The highest BCUT2D eigenvalue weighted by atomic mass is 79.9. The van der Waals surface area contributed by atoms with Crippen molar-refractivity contribution in [3.05, 3.63) is 28.7 Å². The lowest BCUT2D eigenvalue weighted by atomic mass is 10.1. The van der Waals surface area contributed by atoms with Crippen LogP contribution in [0, 0.1) is 5.92 Å². The lowest BCUT2D eigenvalue weighted by Crippen LogP contribution is -2.26. The summed E-state index contributed by atoms with van der Waals surface area (Å²) in [4.78, 5) is 28.0. The number of nitrogens with one attached hydrogen (secondary N) is 3. The Labute approximate surface area is 112 Å². The number of carbonyl (C=O) groups excluding carboxylic acids is 1. The van der Waals surface area contributed by atoms with Crippen LogP contribution in [0.5, 0.6) is 0 Å². The van der Waals surface area contributed by atoms with Gasteiger partial charge in [-0.3, -0.25) is 4.79 Å². The lowest BCUT2D eigenvalue weighted by molar-refractivity contribution is -0.116. The van der Waals surface area contributed by atoms with E-state index >= 15 is 0 Å². The van der Waals surface area contributed by atoms with Gasteiger partial charge in [0.05, 0.1) is 15.9 Å². The molecule has 0 aliphatic heterocycles. The number of aromatic amines is 2. The molecule has 0 radical (unpaired) electrons. The molecule has 2 aromatic rings. The first-order chi connectivity index (χ1) is 8.47. The maximum absolute atomic E-state index is 11.9. The van der Waals surface area contributed by atoms with Gasteiger partial charge in [-0.2, -0.15) is 0 Å². The Morgan fingerprint density at radius 1 is 1.28 bits per heavy atom. The summed E-state index contributed by atoms with van der Waals surface area (Å²) < 4.78 is 0. The normalized spacial score (nSPS) is 12.9. The molecule has 3 N–H and O–H groups in total. The molecule has 0 aliphatic carbocycles. The van der Waals surface area contributed by atoms with Gasteiger partial charge in [-0.15, -0.1) is 0 Å². The molecule has 0 spiro atoms. The van der Waals surface area contributed by atoms with Crippen molar-refractivity contribution in [1.29, 1.82) is 0 Å². The minimum Gasteiger partial charge on any atom is -0.325 e. The van der Waals surface area contributed by atoms with Crippen molar-refractivity contribution in [2.75, 3.05) is 5.32 Å². The van der Waals surface area contributed by atoms with Gasteiger partial charge < -0.3 is 15.3 Å². The summed E-state index contributed by atoms with van der Waals surface area (Å²) in [6.45, 7) is 3.93. The molecular formula is C12H14BrN3O2. The van der Waals surface area contributed by atoms with Gasteiger partial charge >= 0.3 is 5.69 Å². The first kappa shape index (κ1) is 12.9. The number of alkyl halides is 1. The number of hydrogen-bond donors (Lipinski definition) is 3. The second kappa shape index (κ2) is 4.97. The fraction of sp³-hybridized carbons (Fsp3) is 0.333. The largest absolute Gasteiger partial charge is 0.325 e. The zero-order valence-corrected chi connectivity index (χ0v) is 11.7. The molecule has 0 saturated carbocycles. The Balaban J connectivity index is 2.21. The number of fused-ring (bicyclic) bond motifs is 1. The van der Waals surface area contributed by atoms with Gasteiger partial charge in [0.15, 0.2) is 0 Å². The van der Waals surface area contributed by atoms with E-state index in [1.54, 1.807) is 18.2 Å². The summed E-state index contributed by atoms with van der Waals surface area (Å²) in [5, 5.41) is 2.80. The molecule has 1 aromatic heterocycles. The van der Waals surface area contributed by atoms with Crippen LogP contribution < -0.4 is 11.0 Å². The number of aromatic nitrogens is 2. The standard InChI is InChI=1S/C12H14BrN3O2/c1-6(2)10(13)11(17)14-7-3-4-8-9(5-7)16-12(18)15-8/h3-6,10H,1-2H3,(H,14,17)(H2,15,16,18). The molecule has 0 bridgehead atoms. The van der Waals surface area contributed by atoms with Crippen molar-refractivity contribution in [3.8, 4) is 0 Å². The van der Waals surface area contributed by atoms with Crippen LogP contribution in [0.2, 0.25) is 0 Å².